The van der Waals surface area contributed by atoms with Gasteiger partial charge in [-0.2, -0.15) is 0 Å². The van der Waals surface area contributed by atoms with E-state index in [1.54, 1.807) is 0 Å². The lowest BCUT2D eigenvalue weighted by atomic mass is 10.1. The minimum Gasteiger partial charge on any atom is -0.492 e. The molecule has 0 aliphatic heterocycles. The van der Waals surface area contributed by atoms with Crippen molar-refractivity contribution >= 4 is 5.97 Å². The lowest BCUT2D eigenvalue weighted by molar-refractivity contribution is -0.139. The van der Waals surface area contributed by atoms with Crippen LogP contribution in [0.1, 0.15) is 5.56 Å². The fraction of sp³-hybridized carbons (Fsp3) is 0.417. The van der Waals surface area contributed by atoms with Crippen molar-refractivity contribution in [3.63, 3.8) is 0 Å². The largest absolute Gasteiger partial charge is 0.492 e. The fourth-order valence-electron chi connectivity index (χ4n) is 1.21. The van der Waals surface area contributed by atoms with Gasteiger partial charge in [0.05, 0.1) is 13.5 Å². The van der Waals surface area contributed by atoms with Crippen molar-refractivity contribution in [2.75, 3.05) is 27.3 Å². The molecule has 0 unspecified atom stereocenters. The summed E-state index contributed by atoms with van der Waals surface area (Å²) >= 11 is 0. The highest BCUT2D eigenvalue weighted by molar-refractivity contribution is 5.72. The lowest BCUT2D eigenvalue weighted by Crippen LogP contribution is -2.15. The molecule has 88 valence electrons. The number of benzene rings is 1. The van der Waals surface area contributed by atoms with Crippen LogP contribution in [-0.2, 0) is 16.0 Å². The van der Waals surface area contributed by atoms with Crippen LogP contribution in [0.2, 0.25) is 0 Å². The summed E-state index contributed by atoms with van der Waals surface area (Å²) in [4.78, 5) is 11.0. The number of methoxy groups -OCH3 is 1. The molecule has 0 radical (unpaired) electrons. The van der Waals surface area contributed by atoms with Crippen LogP contribution >= 0.6 is 0 Å². The smallest absolute Gasteiger partial charge is 0.309 e. The molecule has 0 aromatic heterocycles. The van der Waals surface area contributed by atoms with Gasteiger partial charge in [0.25, 0.3) is 0 Å². The zero-order valence-electron chi connectivity index (χ0n) is 9.66. The van der Waals surface area contributed by atoms with E-state index in [0.29, 0.717) is 13.0 Å². The third-order valence-electron chi connectivity index (χ3n) is 2.12. The monoisotopic (exact) mass is 223 g/mol. The van der Waals surface area contributed by atoms with Crippen LogP contribution < -0.4 is 10.1 Å². The summed E-state index contributed by atoms with van der Waals surface area (Å²) in [6.45, 7) is 1.44. The van der Waals surface area contributed by atoms with Crippen LogP contribution in [0, 0.1) is 0 Å². The van der Waals surface area contributed by atoms with Crippen LogP contribution in [0.5, 0.6) is 5.75 Å². The third-order valence-corrected chi connectivity index (χ3v) is 2.12. The summed E-state index contributed by atoms with van der Waals surface area (Å²) in [5, 5.41) is 3.00. The number of ether oxygens (including phenoxy) is 2. The average molecular weight is 223 g/mol. The minimum absolute atomic E-state index is 0.233. The van der Waals surface area contributed by atoms with E-state index in [-0.39, 0.29) is 5.97 Å². The predicted octanol–water partition coefficient (Wildman–Crippen LogP) is 1.00. The molecule has 0 saturated heterocycles. The Morgan fingerprint density at radius 1 is 1.31 bits per heavy atom. The van der Waals surface area contributed by atoms with Gasteiger partial charge in [0.2, 0.25) is 0 Å². The molecule has 0 heterocycles. The highest BCUT2D eigenvalue weighted by Gasteiger charge is 2.02. The fourth-order valence-corrected chi connectivity index (χ4v) is 1.21. The van der Waals surface area contributed by atoms with Gasteiger partial charge in [0.15, 0.2) is 0 Å². The van der Waals surface area contributed by atoms with Crippen molar-refractivity contribution in [1.82, 2.24) is 5.32 Å². The normalized spacial score (nSPS) is 9.88. The van der Waals surface area contributed by atoms with E-state index in [2.05, 4.69) is 10.1 Å². The molecule has 0 aliphatic rings. The first-order valence-electron chi connectivity index (χ1n) is 5.19. The second kappa shape index (κ2) is 6.85. The molecule has 0 atom stereocenters. The Morgan fingerprint density at radius 2 is 2.00 bits per heavy atom. The Hall–Kier alpha value is -1.55. The zero-order valence-corrected chi connectivity index (χ0v) is 9.66. The standard InChI is InChI=1S/C12H17NO3/c1-13-7-8-16-11-5-3-10(4-6-11)9-12(14)15-2/h3-6,13H,7-9H2,1-2H3. The number of likely N-dealkylation sites (N-methyl/N-ethyl adjacent to an activating group) is 1. The van der Waals surface area contributed by atoms with E-state index in [9.17, 15) is 4.79 Å². The van der Waals surface area contributed by atoms with Crippen molar-refractivity contribution in [3.05, 3.63) is 29.8 Å². The number of carbonyl (C=O) groups is 1. The first-order chi connectivity index (χ1) is 7.76. The van der Waals surface area contributed by atoms with Gasteiger partial charge in [-0.3, -0.25) is 4.79 Å². The molecule has 1 aromatic carbocycles. The Kier molecular flexibility index (Phi) is 5.36. The highest BCUT2D eigenvalue weighted by Crippen LogP contribution is 2.12. The Labute approximate surface area is 95.6 Å². The summed E-state index contributed by atoms with van der Waals surface area (Å²) in [5.74, 6) is 0.577. The van der Waals surface area contributed by atoms with Gasteiger partial charge in [0, 0.05) is 6.54 Å². The molecule has 0 amide bonds. The van der Waals surface area contributed by atoms with Crippen molar-refractivity contribution in [2.45, 2.75) is 6.42 Å². The summed E-state index contributed by atoms with van der Waals surface area (Å²) in [6, 6.07) is 7.44. The Morgan fingerprint density at radius 3 is 2.56 bits per heavy atom. The number of rotatable bonds is 6. The minimum atomic E-state index is -0.233. The van der Waals surface area contributed by atoms with E-state index >= 15 is 0 Å². The molecule has 1 N–H and O–H groups in total. The Balaban J connectivity index is 2.44. The van der Waals surface area contributed by atoms with Crippen LogP contribution in [0.15, 0.2) is 24.3 Å². The van der Waals surface area contributed by atoms with E-state index in [1.165, 1.54) is 7.11 Å². The van der Waals surface area contributed by atoms with E-state index in [1.807, 2.05) is 31.3 Å². The van der Waals surface area contributed by atoms with Gasteiger partial charge < -0.3 is 14.8 Å². The molecule has 1 rings (SSSR count). The average Bonchev–Trinajstić information content (AvgIpc) is 2.31. The zero-order chi connectivity index (χ0) is 11.8. The van der Waals surface area contributed by atoms with E-state index in [4.69, 9.17) is 4.74 Å². The quantitative estimate of drug-likeness (QED) is 0.577. The molecule has 0 aliphatic carbocycles. The van der Waals surface area contributed by atoms with Crippen LogP contribution in [-0.4, -0.2) is 33.3 Å². The van der Waals surface area contributed by atoms with Gasteiger partial charge in [-0.25, -0.2) is 0 Å². The second-order valence-corrected chi connectivity index (χ2v) is 3.35. The number of carbonyl (C=O) groups excluding carboxylic acids is 1. The molecule has 0 fully saturated rings. The van der Waals surface area contributed by atoms with Crippen molar-refractivity contribution in [1.29, 1.82) is 0 Å². The summed E-state index contributed by atoms with van der Waals surface area (Å²) < 4.78 is 10.0. The molecule has 0 saturated carbocycles. The molecule has 16 heavy (non-hydrogen) atoms. The number of hydrogen-bond donors (Lipinski definition) is 1. The number of esters is 1. The number of hydrogen-bond acceptors (Lipinski definition) is 4. The van der Waals surface area contributed by atoms with Crippen molar-refractivity contribution < 1.29 is 14.3 Å². The maximum atomic E-state index is 11.0. The molecule has 0 bridgehead atoms. The maximum Gasteiger partial charge on any atom is 0.309 e. The predicted molar refractivity (Wildman–Crippen MR) is 61.6 cm³/mol. The molecule has 0 spiro atoms. The van der Waals surface area contributed by atoms with Gasteiger partial charge in [-0.1, -0.05) is 12.1 Å². The first kappa shape index (κ1) is 12.5. The van der Waals surface area contributed by atoms with Gasteiger partial charge >= 0.3 is 5.97 Å². The highest BCUT2D eigenvalue weighted by atomic mass is 16.5. The van der Waals surface area contributed by atoms with Crippen LogP contribution in [0.3, 0.4) is 0 Å². The topological polar surface area (TPSA) is 47.6 Å². The number of nitrogens with one attached hydrogen (secondary N) is 1. The van der Waals surface area contributed by atoms with Crippen LogP contribution in [0.4, 0.5) is 0 Å². The van der Waals surface area contributed by atoms with Gasteiger partial charge in [0.1, 0.15) is 12.4 Å². The molecule has 4 nitrogen and oxygen atoms in total. The molecular weight excluding hydrogens is 206 g/mol. The van der Waals surface area contributed by atoms with Crippen molar-refractivity contribution in [2.24, 2.45) is 0 Å². The maximum absolute atomic E-state index is 11.0. The molecular formula is C12H17NO3. The van der Waals surface area contributed by atoms with Crippen LogP contribution in [0.25, 0.3) is 0 Å². The van der Waals surface area contributed by atoms with E-state index in [0.717, 1.165) is 17.9 Å². The van der Waals surface area contributed by atoms with Crippen molar-refractivity contribution in [3.8, 4) is 5.75 Å². The second-order valence-electron chi connectivity index (χ2n) is 3.35. The van der Waals surface area contributed by atoms with E-state index < -0.39 is 0 Å². The molecule has 4 heteroatoms. The Bertz CT molecular complexity index is 322. The summed E-state index contributed by atoms with van der Waals surface area (Å²) in [5.41, 5.74) is 0.924. The van der Waals surface area contributed by atoms with Gasteiger partial charge in [-0.15, -0.1) is 0 Å². The summed E-state index contributed by atoms with van der Waals surface area (Å²) in [7, 11) is 3.26. The third kappa shape index (κ3) is 4.31. The lowest BCUT2D eigenvalue weighted by Gasteiger charge is -2.06. The SMILES string of the molecule is CNCCOc1ccc(CC(=O)OC)cc1. The summed E-state index contributed by atoms with van der Waals surface area (Å²) in [6.07, 6.45) is 0.299. The molecule has 1 aromatic rings. The first-order valence-corrected chi connectivity index (χ1v) is 5.19. The van der Waals surface area contributed by atoms with Gasteiger partial charge in [-0.05, 0) is 24.7 Å².